The minimum atomic E-state index is -0.629. The summed E-state index contributed by atoms with van der Waals surface area (Å²) in [5.41, 5.74) is 16.8. The smallest absolute Gasteiger partial charge is 0.137 e. The molecule has 380 valence electrons. The van der Waals surface area contributed by atoms with E-state index < -0.39 is 11.6 Å². The van der Waals surface area contributed by atoms with Crippen LogP contribution in [0.2, 0.25) is 0 Å². The van der Waals surface area contributed by atoms with Gasteiger partial charge in [0.05, 0.1) is 28.1 Å². The van der Waals surface area contributed by atoms with Gasteiger partial charge < -0.3 is 14.5 Å². The molecule has 0 atom stereocenters. The third-order valence-electron chi connectivity index (χ3n) is 15.1. The highest BCUT2D eigenvalue weighted by Gasteiger charge is 2.33. The lowest BCUT2D eigenvalue weighted by Crippen LogP contribution is -2.25. The average molecular weight is 1010 g/mol. The van der Waals surface area contributed by atoms with Crippen molar-refractivity contribution in [1.29, 1.82) is 0 Å². The molecule has 0 spiro atoms. The van der Waals surface area contributed by atoms with Gasteiger partial charge in [0.1, 0.15) is 35.6 Å². The molecule has 1 aliphatic heterocycles. The Labute approximate surface area is 450 Å². The number of pyridine rings is 1. The zero-order valence-corrected chi connectivity index (χ0v) is 44.5. The molecular formula is C70H60F2N4O. The lowest BCUT2D eigenvalue weighted by atomic mass is 9.88. The number of hydrogen-bond acceptors (Lipinski definition) is 4. The average Bonchev–Trinajstić information content (AvgIpc) is 4.01. The van der Waals surface area contributed by atoms with Crippen LogP contribution < -0.4 is 14.5 Å². The van der Waals surface area contributed by atoms with Crippen molar-refractivity contribution in [2.24, 2.45) is 0 Å². The van der Waals surface area contributed by atoms with Crippen LogP contribution in [0.5, 0.6) is 11.5 Å². The van der Waals surface area contributed by atoms with Crippen LogP contribution in [-0.2, 0) is 5.41 Å². The van der Waals surface area contributed by atoms with E-state index in [0.29, 0.717) is 23.7 Å². The van der Waals surface area contributed by atoms with Gasteiger partial charge in [0, 0.05) is 52.0 Å². The van der Waals surface area contributed by atoms with Crippen molar-refractivity contribution in [2.45, 2.75) is 65.7 Å². The van der Waals surface area contributed by atoms with E-state index in [4.69, 9.17) is 9.72 Å². The molecule has 5 nitrogen and oxygen atoms in total. The molecule has 0 bridgehead atoms. The van der Waals surface area contributed by atoms with Crippen LogP contribution in [0.4, 0.5) is 31.5 Å². The molecule has 9 aromatic carbocycles. The number of ether oxygens (including phenoxy) is 1. The zero-order chi connectivity index (χ0) is 53.1. The molecule has 12 rings (SSSR count). The van der Waals surface area contributed by atoms with Crippen molar-refractivity contribution in [3.8, 4) is 61.8 Å². The third kappa shape index (κ3) is 9.30. The van der Waals surface area contributed by atoms with Gasteiger partial charge in [-0.25, -0.2) is 13.8 Å². The summed E-state index contributed by atoms with van der Waals surface area (Å²) in [6.07, 6.45) is 1.91. The summed E-state index contributed by atoms with van der Waals surface area (Å²) >= 11 is 0. The molecular weight excluding hydrogens is 951 g/mol. The summed E-state index contributed by atoms with van der Waals surface area (Å²) < 4.78 is 40.1. The minimum absolute atomic E-state index is 0.0667. The van der Waals surface area contributed by atoms with Crippen molar-refractivity contribution in [2.75, 3.05) is 16.5 Å². The number of anilines is 4. The van der Waals surface area contributed by atoms with Gasteiger partial charge in [0.25, 0.3) is 0 Å². The number of hydrogen-bond donors (Lipinski definition) is 0. The molecule has 77 heavy (non-hydrogen) atoms. The van der Waals surface area contributed by atoms with Crippen molar-refractivity contribution >= 4 is 44.6 Å². The maximum Gasteiger partial charge on any atom is 0.137 e. The van der Waals surface area contributed by atoms with Crippen LogP contribution in [0.1, 0.15) is 77.0 Å². The molecule has 0 unspecified atom stereocenters. The number of nitrogens with zero attached hydrogens (tertiary/aromatic N) is 4. The van der Waals surface area contributed by atoms with Crippen molar-refractivity contribution < 1.29 is 13.5 Å². The van der Waals surface area contributed by atoms with Gasteiger partial charge in [-0.15, -0.1) is 0 Å². The second-order valence-corrected chi connectivity index (χ2v) is 22.0. The first kappa shape index (κ1) is 49.1. The first-order valence-corrected chi connectivity index (χ1v) is 26.6. The van der Waals surface area contributed by atoms with E-state index in [1.165, 1.54) is 28.8 Å². The lowest BCUT2D eigenvalue weighted by Gasteiger charge is -2.28. The number of benzene rings is 9. The Morgan fingerprint density at radius 2 is 1.05 bits per heavy atom. The Morgan fingerprint density at radius 1 is 0.468 bits per heavy atom. The fraction of sp³-hybridized carbons (Fsp3) is 0.157. The largest absolute Gasteiger partial charge is 0.457 e. The third-order valence-corrected chi connectivity index (χ3v) is 15.1. The summed E-state index contributed by atoms with van der Waals surface area (Å²) in [6, 6.07) is 69.8. The van der Waals surface area contributed by atoms with Gasteiger partial charge in [-0.1, -0.05) is 170 Å². The van der Waals surface area contributed by atoms with E-state index in [-0.39, 0.29) is 17.3 Å². The summed E-state index contributed by atoms with van der Waals surface area (Å²) in [5.74, 6) is 1.50. The second-order valence-electron chi connectivity index (χ2n) is 22.0. The first-order chi connectivity index (χ1) is 37.2. The molecule has 3 heterocycles. The normalized spacial score (nSPS) is 12.6. The Morgan fingerprint density at radius 3 is 1.74 bits per heavy atom. The molecule has 0 N–H and O–H groups in total. The van der Waals surface area contributed by atoms with E-state index in [2.05, 4.69) is 233 Å². The van der Waals surface area contributed by atoms with Crippen molar-refractivity contribution in [3.63, 3.8) is 0 Å². The van der Waals surface area contributed by atoms with E-state index in [1.807, 2.05) is 24.4 Å². The van der Waals surface area contributed by atoms with Crippen LogP contribution in [-0.4, -0.2) is 16.2 Å². The molecule has 0 aliphatic carbocycles. The topological polar surface area (TPSA) is 33.5 Å². The number of para-hydroxylation sites is 4. The van der Waals surface area contributed by atoms with E-state index in [1.54, 1.807) is 0 Å². The van der Waals surface area contributed by atoms with Crippen LogP contribution in [0.15, 0.2) is 212 Å². The van der Waals surface area contributed by atoms with Gasteiger partial charge in [0.2, 0.25) is 0 Å². The maximum atomic E-state index is 15.4. The quantitative estimate of drug-likeness (QED) is 0.129. The maximum absolute atomic E-state index is 15.4. The second kappa shape index (κ2) is 19.7. The highest BCUT2D eigenvalue weighted by molar-refractivity contribution is 6.09. The fourth-order valence-electron chi connectivity index (χ4n) is 11.1. The fourth-order valence-corrected chi connectivity index (χ4v) is 11.1. The predicted octanol–water partition coefficient (Wildman–Crippen LogP) is 19.7. The van der Waals surface area contributed by atoms with Crippen LogP contribution >= 0.6 is 0 Å². The number of halogens is 2. The molecule has 1 aliphatic rings. The molecule has 0 saturated carbocycles. The number of fused-ring (bicyclic) bond motifs is 4. The van der Waals surface area contributed by atoms with Crippen LogP contribution in [0.25, 0.3) is 72.1 Å². The van der Waals surface area contributed by atoms with Gasteiger partial charge in [0.15, 0.2) is 0 Å². The molecule has 11 aromatic rings. The standard InChI is InChI=1S/C70H60F2N4O/c1-44(2)47-32-48(45(3)4)34-49(33-47)60-23-17-24-61(50-35-53(71)40-54(72)36-50)69(60)75-43-74(65-26-15-16-27-66(65)75)55-37-51(59-21-12-11-20-58(59)46-18-9-8-10-19-46)38-57(41-55)77-56-28-29-63-62-22-13-14-25-64(62)76(67(63)42-56)68-39-52(30-31-73-68)70(5,6)7/h8-42,44-45H,43H2,1-7H3. The molecule has 0 fully saturated rings. The highest BCUT2D eigenvalue weighted by Crippen LogP contribution is 2.52. The molecule has 0 saturated heterocycles. The van der Waals surface area contributed by atoms with Crippen molar-refractivity contribution in [1.82, 2.24) is 9.55 Å². The Kier molecular flexibility index (Phi) is 12.6. The summed E-state index contributed by atoms with van der Waals surface area (Å²) in [5, 5.41) is 2.24. The molecule has 2 aromatic heterocycles. The highest BCUT2D eigenvalue weighted by atomic mass is 19.1. The van der Waals surface area contributed by atoms with E-state index >= 15 is 8.78 Å². The van der Waals surface area contributed by atoms with Gasteiger partial charge in [-0.2, -0.15) is 0 Å². The Hall–Kier alpha value is -8.81. The van der Waals surface area contributed by atoms with Gasteiger partial charge in [-0.3, -0.25) is 4.57 Å². The zero-order valence-electron chi connectivity index (χ0n) is 44.5. The first-order valence-electron chi connectivity index (χ1n) is 26.6. The van der Waals surface area contributed by atoms with Crippen LogP contribution in [0, 0.1) is 11.6 Å². The summed E-state index contributed by atoms with van der Waals surface area (Å²) in [6.45, 7) is 15.9. The molecule has 0 amide bonds. The van der Waals surface area contributed by atoms with E-state index in [9.17, 15) is 0 Å². The minimum Gasteiger partial charge on any atom is -0.457 e. The van der Waals surface area contributed by atoms with Gasteiger partial charge >= 0.3 is 0 Å². The summed E-state index contributed by atoms with van der Waals surface area (Å²) in [4.78, 5) is 9.57. The molecule has 0 radical (unpaired) electrons. The summed E-state index contributed by atoms with van der Waals surface area (Å²) in [7, 11) is 0. The Bertz CT molecular complexity index is 3990. The number of rotatable bonds is 11. The van der Waals surface area contributed by atoms with Crippen molar-refractivity contribution in [3.05, 3.63) is 241 Å². The SMILES string of the molecule is CC(C)c1cc(-c2cccc(-c3cc(F)cc(F)c3)c2N2CN(c3cc(Oc4ccc5c6ccccc6n(-c6cc(C(C)(C)C)ccn6)c5c4)cc(-c4ccccc4-c4ccccc4)c3)c3ccccc32)cc(C(C)C)c1. The lowest BCUT2D eigenvalue weighted by molar-refractivity contribution is 0.483. The Balaban J connectivity index is 1.04. The van der Waals surface area contributed by atoms with Crippen LogP contribution in [0.3, 0.4) is 0 Å². The van der Waals surface area contributed by atoms with E-state index in [0.717, 1.165) is 95.4 Å². The van der Waals surface area contributed by atoms with Gasteiger partial charge in [-0.05, 0) is 134 Å². The monoisotopic (exact) mass is 1010 g/mol. The molecule has 7 heteroatoms. The number of aromatic nitrogens is 2. The predicted molar refractivity (Wildman–Crippen MR) is 316 cm³/mol.